The predicted molar refractivity (Wildman–Crippen MR) is 127 cm³/mol. The third-order valence-corrected chi connectivity index (χ3v) is 7.19. The zero-order valence-electron chi connectivity index (χ0n) is 17.6. The number of benzene rings is 1. The van der Waals surface area contributed by atoms with E-state index >= 15 is 0 Å². The van der Waals surface area contributed by atoms with Crippen molar-refractivity contribution in [1.82, 2.24) is 15.3 Å². The number of nitrogens with zero attached hydrogens (tertiary/aromatic N) is 2. The second-order valence-corrected chi connectivity index (χ2v) is 9.32. The average Bonchev–Trinajstić information content (AvgIpc) is 2.83. The van der Waals surface area contributed by atoms with E-state index in [0.717, 1.165) is 52.7 Å². The van der Waals surface area contributed by atoms with E-state index in [1.807, 2.05) is 42.6 Å². The van der Waals surface area contributed by atoms with Gasteiger partial charge in [-0.25, -0.2) is 4.98 Å². The first-order valence-electron chi connectivity index (χ1n) is 11.0. The van der Waals surface area contributed by atoms with Crippen LogP contribution in [0.3, 0.4) is 0 Å². The van der Waals surface area contributed by atoms with Crippen molar-refractivity contribution in [2.75, 3.05) is 16.4 Å². The number of hydrogen-bond acceptors (Lipinski definition) is 6. The third kappa shape index (κ3) is 4.61. The van der Waals surface area contributed by atoms with Crippen molar-refractivity contribution in [2.24, 2.45) is 5.92 Å². The Morgan fingerprint density at radius 3 is 2.88 bits per heavy atom. The van der Waals surface area contributed by atoms with Crippen LogP contribution >= 0.6 is 11.8 Å². The number of carbonyl (C=O) groups is 2. The summed E-state index contributed by atoms with van der Waals surface area (Å²) in [4.78, 5) is 34.2. The molecule has 8 heteroatoms. The maximum Gasteiger partial charge on any atom is 0.235 e. The van der Waals surface area contributed by atoms with E-state index in [9.17, 15) is 9.59 Å². The largest absolute Gasteiger partial charge is 0.325 e. The number of fused-ring (bicyclic) bond motifs is 2. The van der Waals surface area contributed by atoms with Gasteiger partial charge in [-0.2, -0.15) is 0 Å². The van der Waals surface area contributed by atoms with Gasteiger partial charge in [0, 0.05) is 47.4 Å². The molecule has 3 aromatic rings. The number of anilines is 2. The molecule has 3 heterocycles. The molecule has 2 aliphatic rings. The highest BCUT2D eigenvalue weighted by molar-refractivity contribution is 8.00. The van der Waals surface area contributed by atoms with Crippen LogP contribution in [-0.2, 0) is 16.1 Å². The van der Waals surface area contributed by atoms with Gasteiger partial charge in [-0.15, -0.1) is 11.8 Å². The van der Waals surface area contributed by atoms with Crippen molar-refractivity contribution in [3.05, 3.63) is 54.5 Å². The van der Waals surface area contributed by atoms with Gasteiger partial charge in [-0.3, -0.25) is 14.6 Å². The van der Waals surface area contributed by atoms with Crippen LogP contribution in [-0.4, -0.2) is 33.6 Å². The van der Waals surface area contributed by atoms with Crippen LogP contribution in [0.5, 0.6) is 0 Å². The van der Waals surface area contributed by atoms with E-state index in [1.165, 1.54) is 11.8 Å². The molecule has 0 saturated heterocycles. The summed E-state index contributed by atoms with van der Waals surface area (Å²) in [6.45, 7) is 0.652. The van der Waals surface area contributed by atoms with Crippen molar-refractivity contribution >= 4 is 45.9 Å². The molecule has 1 aliphatic carbocycles. The predicted octanol–water partition coefficient (Wildman–Crippen LogP) is 3.96. The fourth-order valence-corrected chi connectivity index (χ4v) is 5.13. The van der Waals surface area contributed by atoms with Gasteiger partial charge in [-0.1, -0.05) is 12.1 Å². The Bertz CT molecular complexity index is 1150. The van der Waals surface area contributed by atoms with Gasteiger partial charge in [0.25, 0.3) is 0 Å². The normalized spacial score (nSPS) is 20.4. The van der Waals surface area contributed by atoms with Crippen molar-refractivity contribution < 1.29 is 9.59 Å². The molecule has 2 amide bonds. The zero-order valence-corrected chi connectivity index (χ0v) is 18.5. The minimum absolute atomic E-state index is 0.00289. The molecule has 0 spiro atoms. The van der Waals surface area contributed by atoms with Gasteiger partial charge in [0.05, 0.1) is 16.3 Å². The van der Waals surface area contributed by atoms with Crippen LogP contribution in [0.25, 0.3) is 10.8 Å². The summed E-state index contributed by atoms with van der Waals surface area (Å²) in [5.41, 5.74) is 1.76. The topological polar surface area (TPSA) is 96.0 Å². The number of nitrogens with one attached hydrogen (secondary N) is 3. The number of carbonyl (C=O) groups excluding carboxylic acids is 2. The quantitative estimate of drug-likeness (QED) is 0.548. The fraction of sp³-hybridized carbons (Fsp3) is 0.333. The first-order chi connectivity index (χ1) is 15.7. The molecule has 1 aliphatic heterocycles. The summed E-state index contributed by atoms with van der Waals surface area (Å²) in [6, 6.07) is 12.2. The SMILES string of the molecule is O=C1CSc2ccc(CNC3CCC(C(=O)Nc4cccc5cnccc45)CC3)nc2N1. The molecular formula is C24H25N5O2S. The maximum atomic E-state index is 12.9. The average molecular weight is 448 g/mol. The number of amides is 2. The zero-order chi connectivity index (χ0) is 21.9. The fourth-order valence-electron chi connectivity index (χ4n) is 4.38. The number of thioether (sulfide) groups is 1. The molecule has 1 saturated carbocycles. The second kappa shape index (κ2) is 9.26. The lowest BCUT2D eigenvalue weighted by atomic mass is 9.85. The van der Waals surface area contributed by atoms with E-state index in [-0.39, 0.29) is 17.7 Å². The highest BCUT2D eigenvalue weighted by Crippen LogP contribution is 2.30. The van der Waals surface area contributed by atoms with Crippen LogP contribution in [0.2, 0.25) is 0 Å². The Labute approximate surface area is 190 Å². The molecule has 32 heavy (non-hydrogen) atoms. The summed E-state index contributed by atoms with van der Waals surface area (Å²) in [6.07, 6.45) is 7.19. The van der Waals surface area contributed by atoms with Gasteiger partial charge in [-0.05, 0) is 49.9 Å². The lowest BCUT2D eigenvalue weighted by Gasteiger charge is -2.28. The second-order valence-electron chi connectivity index (χ2n) is 8.31. The molecule has 0 unspecified atom stereocenters. The molecule has 0 radical (unpaired) electrons. The summed E-state index contributed by atoms with van der Waals surface area (Å²) in [5, 5.41) is 11.6. The summed E-state index contributed by atoms with van der Waals surface area (Å²) in [7, 11) is 0. The van der Waals surface area contributed by atoms with Crippen molar-refractivity contribution in [1.29, 1.82) is 0 Å². The van der Waals surface area contributed by atoms with Crippen LogP contribution in [0.4, 0.5) is 11.5 Å². The van der Waals surface area contributed by atoms with E-state index in [2.05, 4.69) is 25.9 Å². The van der Waals surface area contributed by atoms with Crippen LogP contribution < -0.4 is 16.0 Å². The summed E-state index contributed by atoms with van der Waals surface area (Å²) >= 11 is 1.52. The van der Waals surface area contributed by atoms with Gasteiger partial charge in [0.2, 0.25) is 11.8 Å². The molecular weight excluding hydrogens is 422 g/mol. The molecule has 1 fully saturated rings. The van der Waals surface area contributed by atoms with Gasteiger partial charge < -0.3 is 16.0 Å². The lowest BCUT2D eigenvalue weighted by Crippen LogP contribution is -2.36. The smallest absolute Gasteiger partial charge is 0.235 e. The highest BCUT2D eigenvalue weighted by Gasteiger charge is 2.26. The first-order valence-corrected chi connectivity index (χ1v) is 11.9. The van der Waals surface area contributed by atoms with Crippen LogP contribution in [0.1, 0.15) is 31.4 Å². The summed E-state index contributed by atoms with van der Waals surface area (Å²) < 4.78 is 0. The van der Waals surface area contributed by atoms with Crippen LogP contribution in [0.15, 0.2) is 53.7 Å². The lowest BCUT2D eigenvalue weighted by molar-refractivity contribution is -0.121. The number of hydrogen-bond donors (Lipinski definition) is 3. The minimum Gasteiger partial charge on any atom is -0.325 e. The van der Waals surface area contributed by atoms with Crippen molar-refractivity contribution in [3.8, 4) is 0 Å². The standard InChI is InChI=1S/C24H25N5O2S/c30-22-14-32-21-9-8-18(27-23(21)29-22)13-26-17-6-4-15(5-7-17)24(31)28-20-3-1-2-16-12-25-11-10-19(16)20/h1-3,8-12,15,17,26H,4-7,13-14H2,(H,28,31)(H,27,29,30). The number of rotatable bonds is 5. The van der Waals surface area contributed by atoms with Crippen molar-refractivity contribution in [3.63, 3.8) is 0 Å². The monoisotopic (exact) mass is 447 g/mol. The van der Waals surface area contributed by atoms with E-state index in [4.69, 9.17) is 0 Å². The molecule has 0 atom stereocenters. The number of aromatic nitrogens is 2. The Hall–Kier alpha value is -2.97. The molecule has 3 N–H and O–H groups in total. The molecule has 2 aromatic heterocycles. The third-order valence-electron chi connectivity index (χ3n) is 6.14. The van der Waals surface area contributed by atoms with Gasteiger partial charge >= 0.3 is 0 Å². The molecule has 7 nitrogen and oxygen atoms in total. The molecule has 1 aromatic carbocycles. The van der Waals surface area contributed by atoms with E-state index in [1.54, 1.807) is 6.20 Å². The number of pyridine rings is 2. The Morgan fingerprint density at radius 1 is 1.12 bits per heavy atom. The molecule has 5 rings (SSSR count). The Morgan fingerprint density at radius 2 is 2.00 bits per heavy atom. The van der Waals surface area contributed by atoms with Crippen molar-refractivity contribution in [2.45, 2.75) is 43.2 Å². The van der Waals surface area contributed by atoms with E-state index < -0.39 is 0 Å². The molecule has 164 valence electrons. The van der Waals surface area contributed by atoms with Crippen LogP contribution in [0, 0.1) is 5.92 Å². The minimum atomic E-state index is -0.00289. The van der Waals surface area contributed by atoms with Gasteiger partial charge in [0.1, 0.15) is 5.82 Å². The molecule has 0 bridgehead atoms. The Kier molecular flexibility index (Phi) is 6.05. The maximum absolute atomic E-state index is 12.9. The highest BCUT2D eigenvalue weighted by atomic mass is 32.2. The summed E-state index contributed by atoms with van der Waals surface area (Å²) in [5.74, 6) is 1.23. The first kappa shape index (κ1) is 20.9. The van der Waals surface area contributed by atoms with E-state index in [0.29, 0.717) is 24.2 Å². The van der Waals surface area contributed by atoms with Gasteiger partial charge in [0.15, 0.2) is 0 Å². The Balaban J connectivity index is 1.13.